The van der Waals surface area contributed by atoms with Crippen LogP contribution >= 0.6 is 0 Å². The summed E-state index contributed by atoms with van der Waals surface area (Å²) in [7, 11) is 0. The molecule has 0 bridgehead atoms. The molecule has 1 aliphatic carbocycles. The molecule has 2 heterocycles. The van der Waals surface area contributed by atoms with Crippen molar-refractivity contribution >= 4 is 18.0 Å². The predicted octanol–water partition coefficient (Wildman–Crippen LogP) is 0.503. The van der Waals surface area contributed by atoms with Crippen LogP contribution in [0.3, 0.4) is 0 Å². The summed E-state index contributed by atoms with van der Waals surface area (Å²) in [5.74, 6) is -1.64. The number of allylic oxidation sites excluding steroid dienone is 1. The molecule has 12 nitrogen and oxygen atoms in total. The molecule has 2 amide bonds. The lowest BCUT2D eigenvalue weighted by Gasteiger charge is -2.29. The third kappa shape index (κ3) is 4.68. The Morgan fingerprint density at radius 3 is 2.74 bits per heavy atom. The molecule has 2 aliphatic rings. The van der Waals surface area contributed by atoms with Gasteiger partial charge in [0, 0.05) is 29.8 Å². The van der Waals surface area contributed by atoms with Crippen molar-refractivity contribution in [2.45, 2.75) is 31.1 Å². The Kier molecular flexibility index (Phi) is 6.72. The third-order valence-electron chi connectivity index (χ3n) is 6.05. The average Bonchev–Trinajstić information content (AvgIpc) is 3.60. The summed E-state index contributed by atoms with van der Waals surface area (Å²) in [4.78, 5) is 22.4. The molecular formula is C23H26N8O4. The van der Waals surface area contributed by atoms with E-state index in [1.165, 1.54) is 6.08 Å². The van der Waals surface area contributed by atoms with E-state index in [1.54, 1.807) is 24.4 Å². The van der Waals surface area contributed by atoms with Crippen LogP contribution in [-0.4, -0.2) is 41.1 Å². The largest absolute Gasteiger partial charge is 0.393 e. The van der Waals surface area contributed by atoms with E-state index in [1.807, 2.05) is 10.9 Å². The normalized spacial score (nSPS) is 19.7. The first-order chi connectivity index (χ1) is 16.9. The van der Waals surface area contributed by atoms with Crippen molar-refractivity contribution in [2.24, 2.45) is 17.2 Å². The highest BCUT2D eigenvalue weighted by Gasteiger charge is 2.49. The van der Waals surface area contributed by atoms with Gasteiger partial charge in [0.1, 0.15) is 23.6 Å². The van der Waals surface area contributed by atoms with E-state index in [4.69, 9.17) is 26.7 Å². The van der Waals surface area contributed by atoms with Crippen LogP contribution in [0.15, 0.2) is 53.9 Å². The Labute approximate surface area is 201 Å². The lowest BCUT2D eigenvalue weighted by Crippen LogP contribution is -2.36. The molecule has 1 atom stereocenters. The molecule has 2 aromatic rings. The summed E-state index contributed by atoms with van der Waals surface area (Å²) < 4.78 is 13.7. The fraction of sp³-hybridized carbons (Fsp3) is 0.304. The van der Waals surface area contributed by atoms with Crippen LogP contribution < -0.4 is 27.8 Å². The van der Waals surface area contributed by atoms with Crippen LogP contribution in [-0.2, 0) is 19.1 Å². The van der Waals surface area contributed by atoms with Crippen LogP contribution in [0.5, 0.6) is 0 Å². The minimum absolute atomic E-state index is 0.0251. The SMILES string of the molecule is N#Cc1c(NC(/C=C(\N)NC=O)=C(/N)C(N)=O)cccc1-c1cnn(C2CCCC23OCCO3)c1. The minimum Gasteiger partial charge on any atom is -0.393 e. The fourth-order valence-electron chi connectivity index (χ4n) is 4.46. The average molecular weight is 479 g/mol. The molecule has 182 valence electrons. The Bertz CT molecular complexity index is 1230. The molecule has 0 radical (unpaired) electrons. The summed E-state index contributed by atoms with van der Waals surface area (Å²) in [6.45, 7) is 1.12. The van der Waals surface area contributed by atoms with E-state index in [0.717, 1.165) is 24.8 Å². The molecule has 4 rings (SSSR count). The molecule has 1 aromatic heterocycles. The van der Waals surface area contributed by atoms with Gasteiger partial charge in [-0.2, -0.15) is 10.4 Å². The van der Waals surface area contributed by atoms with Crippen LogP contribution in [0.4, 0.5) is 5.69 Å². The molecule has 1 aromatic carbocycles. The van der Waals surface area contributed by atoms with Crippen LogP contribution in [0.1, 0.15) is 30.9 Å². The number of rotatable bonds is 8. The van der Waals surface area contributed by atoms with Crippen molar-refractivity contribution < 1.29 is 19.1 Å². The highest BCUT2D eigenvalue weighted by Crippen LogP contribution is 2.45. The van der Waals surface area contributed by atoms with Crippen molar-refractivity contribution in [1.82, 2.24) is 15.1 Å². The van der Waals surface area contributed by atoms with E-state index in [9.17, 15) is 14.9 Å². The second-order valence-electron chi connectivity index (χ2n) is 8.14. The van der Waals surface area contributed by atoms with Crippen molar-refractivity contribution in [3.05, 3.63) is 59.4 Å². The number of carbonyl (C=O) groups excluding carboxylic acids is 2. The second-order valence-corrected chi connectivity index (χ2v) is 8.14. The smallest absolute Gasteiger partial charge is 0.266 e. The maximum absolute atomic E-state index is 11.7. The number of hydrogen-bond acceptors (Lipinski definition) is 9. The first-order valence-corrected chi connectivity index (χ1v) is 11.0. The van der Waals surface area contributed by atoms with Gasteiger partial charge < -0.3 is 37.3 Å². The van der Waals surface area contributed by atoms with Crippen molar-refractivity contribution in [1.29, 1.82) is 5.26 Å². The number of nitriles is 1. The monoisotopic (exact) mass is 478 g/mol. The van der Waals surface area contributed by atoms with E-state index in [0.29, 0.717) is 30.9 Å². The van der Waals surface area contributed by atoms with Crippen molar-refractivity contribution in [3.63, 3.8) is 0 Å². The van der Waals surface area contributed by atoms with Gasteiger partial charge in [-0.15, -0.1) is 0 Å². The predicted molar refractivity (Wildman–Crippen MR) is 125 cm³/mol. The highest BCUT2D eigenvalue weighted by atomic mass is 16.7. The van der Waals surface area contributed by atoms with Gasteiger partial charge in [0.25, 0.3) is 5.91 Å². The lowest BCUT2D eigenvalue weighted by atomic mass is 10.0. The molecule has 1 spiro atoms. The summed E-state index contributed by atoms with van der Waals surface area (Å²) in [5, 5.41) is 19.7. The first kappa shape index (κ1) is 23.8. The molecular weight excluding hydrogens is 452 g/mol. The van der Waals surface area contributed by atoms with E-state index in [-0.39, 0.29) is 28.8 Å². The lowest BCUT2D eigenvalue weighted by molar-refractivity contribution is -0.177. The molecule has 1 saturated carbocycles. The molecule has 1 unspecified atom stereocenters. The van der Waals surface area contributed by atoms with Gasteiger partial charge in [-0.3, -0.25) is 14.3 Å². The number of nitrogens with zero attached hydrogens (tertiary/aromatic N) is 3. The first-order valence-electron chi connectivity index (χ1n) is 11.0. The Hall–Kier alpha value is -4.34. The summed E-state index contributed by atoms with van der Waals surface area (Å²) in [6, 6.07) is 7.30. The molecule has 35 heavy (non-hydrogen) atoms. The number of nitrogens with one attached hydrogen (secondary N) is 2. The number of benzene rings is 1. The zero-order valence-electron chi connectivity index (χ0n) is 18.9. The van der Waals surface area contributed by atoms with E-state index < -0.39 is 11.7 Å². The topological polar surface area (TPSA) is 196 Å². The summed E-state index contributed by atoms with van der Waals surface area (Å²) >= 11 is 0. The van der Waals surface area contributed by atoms with Gasteiger partial charge in [0.2, 0.25) is 6.41 Å². The maximum atomic E-state index is 11.7. The second kappa shape index (κ2) is 9.88. The van der Waals surface area contributed by atoms with Gasteiger partial charge in [0.15, 0.2) is 5.79 Å². The molecule has 8 N–H and O–H groups in total. The summed E-state index contributed by atoms with van der Waals surface area (Å²) in [6.07, 6.45) is 7.80. The van der Waals surface area contributed by atoms with Crippen LogP contribution in [0.2, 0.25) is 0 Å². The molecule has 1 aliphatic heterocycles. The Morgan fingerprint density at radius 1 is 1.29 bits per heavy atom. The number of amides is 2. The Morgan fingerprint density at radius 2 is 2.06 bits per heavy atom. The number of ether oxygens (including phenoxy) is 2. The minimum atomic E-state index is -0.902. The molecule has 1 saturated heterocycles. The van der Waals surface area contributed by atoms with Gasteiger partial charge in [-0.1, -0.05) is 12.1 Å². The zero-order valence-corrected chi connectivity index (χ0v) is 18.9. The number of carbonyl (C=O) groups is 2. The third-order valence-corrected chi connectivity index (χ3v) is 6.05. The number of hydrogen-bond donors (Lipinski definition) is 5. The van der Waals surface area contributed by atoms with Crippen LogP contribution in [0.25, 0.3) is 11.1 Å². The standard InChI is InChI=1S/C23H26N8O4/c24-10-16-15(14-11-29-31(12-14)19-5-2-6-23(19)34-7-8-35-23)3-1-4-17(16)30-18(21(26)22(27)33)9-20(25)28-13-32/h1,3-4,9,11-13,19,30H,2,5-8,25-26H2,(H2,27,33)(H,28,32)/b20-9+,21-18+. The van der Waals surface area contributed by atoms with Crippen LogP contribution in [0, 0.1) is 11.3 Å². The van der Waals surface area contributed by atoms with Crippen molar-refractivity contribution in [3.8, 4) is 17.2 Å². The summed E-state index contributed by atoms with van der Waals surface area (Å²) in [5.41, 5.74) is 18.5. The van der Waals surface area contributed by atoms with E-state index in [2.05, 4.69) is 21.8 Å². The number of nitrogens with two attached hydrogens (primary N) is 3. The number of aromatic nitrogens is 2. The quantitative estimate of drug-likeness (QED) is 0.204. The number of anilines is 1. The Balaban J connectivity index is 1.69. The maximum Gasteiger partial charge on any atom is 0.266 e. The zero-order chi connectivity index (χ0) is 25.0. The molecule has 12 heteroatoms. The van der Waals surface area contributed by atoms with Gasteiger partial charge in [-0.25, -0.2) is 0 Å². The van der Waals surface area contributed by atoms with Gasteiger partial charge in [0.05, 0.1) is 36.4 Å². The highest BCUT2D eigenvalue weighted by molar-refractivity contribution is 5.93. The molecule has 2 fully saturated rings. The fourth-order valence-corrected chi connectivity index (χ4v) is 4.46. The van der Waals surface area contributed by atoms with Gasteiger partial charge >= 0.3 is 0 Å². The van der Waals surface area contributed by atoms with Crippen molar-refractivity contribution in [2.75, 3.05) is 18.5 Å². The van der Waals surface area contributed by atoms with E-state index >= 15 is 0 Å². The number of primary amides is 1. The van der Waals surface area contributed by atoms with Gasteiger partial charge in [-0.05, 0) is 18.9 Å².